The predicted octanol–water partition coefficient (Wildman–Crippen LogP) is 4.57. The van der Waals surface area contributed by atoms with Gasteiger partial charge in [0.1, 0.15) is 11.9 Å². The molecule has 0 aliphatic carbocycles. The van der Waals surface area contributed by atoms with Gasteiger partial charge in [-0.2, -0.15) is 5.10 Å². The number of nitrogens with one attached hydrogen (secondary N) is 3. The van der Waals surface area contributed by atoms with Crippen LogP contribution in [-0.4, -0.2) is 54.0 Å². The van der Waals surface area contributed by atoms with Crippen LogP contribution in [0.25, 0.3) is 22.3 Å². The number of carbonyl (C=O) groups is 1. The third kappa shape index (κ3) is 3.90. The van der Waals surface area contributed by atoms with Gasteiger partial charge in [0.15, 0.2) is 23.2 Å². The smallest absolute Gasteiger partial charge is 0.263 e. The maximum absolute atomic E-state index is 15.2. The van der Waals surface area contributed by atoms with E-state index in [2.05, 4.69) is 35.5 Å². The zero-order valence-corrected chi connectivity index (χ0v) is 19.2. The largest absolute Gasteiger partial charge is 0.435 e. The van der Waals surface area contributed by atoms with Gasteiger partial charge in [-0.1, -0.05) is 6.07 Å². The van der Waals surface area contributed by atoms with Crippen LogP contribution in [-0.2, 0) is 0 Å². The molecule has 1 saturated heterocycles. The maximum Gasteiger partial charge on any atom is 0.263 e. The molecular formula is C25H21FN8O2. The van der Waals surface area contributed by atoms with Crippen molar-refractivity contribution in [3.8, 4) is 23.0 Å². The van der Waals surface area contributed by atoms with Gasteiger partial charge in [0.2, 0.25) is 5.88 Å². The van der Waals surface area contributed by atoms with E-state index in [0.717, 1.165) is 12.1 Å². The van der Waals surface area contributed by atoms with Crippen molar-refractivity contribution in [2.45, 2.75) is 13.3 Å². The Hall–Kier alpha value is -4.80. The molecule has 1 aliphatic heterocycles. The fourth-order valence-corrected chi connectivity index (χ4v) is 4.04. The highest BCUT2D eigenvalue weighted by Crippen LogP contribution is 2.34. The molecule has 1 aliphatic rings. The van der Waals surface area contributed by atoms with Gasteiger partial charge in [-0.15, -0.1) is 0 Å². The van der Waals surface area contributed by atoms with E-state index in [1.807, 2.05) is 25.1 Å². The average Bonchev–Trinajstić information content (AvgIpc) is 3.47. The Morgan fingerprint density at radius 3 is 2.81 bits per heavy atom. The summed E-state index contributed by atoms with van der Waals surface area (Å²) in [5.41, 5.74) is 2.99. The summed E-state index contributed by atoms with van der Waals surface area (Å²) in [6.07, 6.45) is 3.85. The molecule has 11 heteroatoms. The van der Waals surface area contributed by atoms with Crippen LogP contribution in [0.4, 0.5) is 16.0 Å². The molecule has 1 fully saturated rings. The molecule has 0 saturated carbocycles. The number of H-pyrrole nitrogens is 2. The first-order chi connectivity index (χ1) is 17.6. The van der Waals surface area contributed by atoms with Crippen LogP contribution in [0, 0.1) is 12.7 Å². The highest BCUT2D eigenvalue weighted by atomic mass is 19.1. The number of amides is 1. The summed E-state index contributed by atoms with van der Waals surface area (Å²) in [7, 11) is 0. The van der Waals surface area contributed by atoms with Crippen molar-refractivity contribution in [2.75, 3.05) is 18.4 Å². The summed E-state index contributed by atoms with van der Waals surface area (Å²) in [6, 6.07) is 12.2. The van der Waals surface area contributed by atoms with E-state index < -0.39 is 5.82 Å². The molecule has 6 rings (SSSR count). The van der Waals surface area contributed by atoms with Crippen molar-refractivity contribution in [1.82, 2.24) is 35.0 Å². The van der Waals surface area contributed by atoms with Crippen LogP contribution in [0.5, 0.6) is 11.6 Å². The standard InChI is InChI=1S/C25H21FN8O2/c1-14-11-15-16(30-14)6-7-19(22(15)26)36-24-21(25(35)34-9-4-10-34)23(28-13-29-24)31-20-12-18(32-33-20)17-5-2-3-8-27-17/h2-3,5-8,11-13,30H,4,9-10H2,1H3,(H2,28,29,31,32,33). The predicted molar refractivity (Wildman–Crippen MR) is 131 cm³/mol. The normalized spacial score (nSPS) is 13.0. The molecule has 10 nitrogen and oxygen atoms in total. The van der Waals surface area contributed by atoms with Gasteiger partial charge in [0.25, 0.3) is 5.91 Å². The third-order valence-corrected chi connectivity index (χ3v) is 5.98. The van der Waals surface area contributed by atoms with E-state index in [-0.39, 0.29) is 28.9 Å². The summed E-state index contributed by atoms with van der Waals surface area (Å²) in [5, 5.41) is 10.7. The number of rotatable bonds is 6. The van der Waals surface area contributed by atoms with Gasteiger partial charge in [0.05, 0.1) is 11.4 Å². The highest BCUT2D eigenvalue weighted by Gasteiger charge is 2.30. The van der Waals surface area contributed by atoms with Gasteiger partial charge in [-0.3, -0.25) is 14.9 Å². The lowest BCUT2D eigenvalue weighted by Gasteiger charge is -2.31. The number of ether oxygens (including phenoxy) is 1. The number of fused-ring (bicyclic) bond motifs is 1. The molecule has 1 aromatic carbocycles. The van der Waals surface area contributed by atoms with E-state index in [1.54, 1.807) is 29.3 Å². The molecule has 0 unspecified atom stereocenters. The monoisotopic (exact) mass is 484 g/mol. The number of likely N-dealkylation sites (tertiary alicyclic amines) is 1. The zero-order valence-electron chi connectivity index (χ0n) is 19.2. The van der Waals surface area contributed by atoms with Crippen LogP contribution < -0.4 is 10.1 Å². The molecule has 0 atom stereocenters. The summed E-state index contributed by atoms with van der Waals surface area (Å²) in [4.78, 5) is 30.9. The number of aromatic amines is 2. The molecule has 0 radical (unpaired) electrons. The van der Waals surface area contributed by atoms with E-state index in [0.29, 0.717) is 41.2 Å². The minimum Gasteiger partial charge on any atom is -0.435 e. The molecule has 0 bridgehead atoms. The van der Waals surface area contributed by atoms with Gasteiger partial charge in [-0.25, -0.2) is 14.4 Å². The second-order valence-corrected chi connectivity index (χ2v) is 8.45. The average molecular weight is 484 g/mol. The highest BCUT2D eigenvalue weighted by molar-refractivity contribution is 6.02. The Labute approximate surface area is 204 Å². The van der Waals surface area contributed by atoms with Crippen molar-refractivity contribution < 1.29 is 13.9 Å². The first-order valence-corrected chi connectivity index (χ1v) is 11.4. The number of benzene rings is 1. The van der Waals surface area contributed by atoms with Crippen molar-refractivity contribution in [2.24, 2.45) is 0 Å². The number of nitrogens with zero attached hydrogens (tertiary/aromatic N) is 5. The van der Waals surface area contributed by atoms with Gasteiger partial charge in [-0.05, 0) is 43.7 Å². The van der Waals surface area contributed by atoms with Crippen LogP contribution in [0.2, 0.25) is 0 Å². The number of anilines is 2. The Balaban J connectivity index is 1.37. The van der Waals surface area contributed by atoms with Crippen LogP contribution in [0.15, 0.2) is 55.0 Å². The molecule has 5 aromatic rings. The minimum atomic E-state index is -0.542. The van der Waals surface area contributed by atoms with Gasteiger partial charge < -0.3 is 19.9 Å². The van der Waals surface area contributed by atoms with Gasteiger partial charge in [0, 0.05) is 41.9 Å². The Bertz CT molecular complexity index is 1580. The second-order valence-electron chi connectivity index (χ2n) is 8.45. The maximum atomic E-state index is 15.2. The number of carbonyl (C=O) groups excluding carboxylic acids is 1. The third-order valence-electron chi connectivity index (χ3n) is 5.98. The van der Waals surface area contributed by atoms with Crippen molar-refractivity contribution in [3.63, 3.8) is 0 Å². The fraction of sp³-hybridized carbons (Fsp3) is 0.160. The zero-order chi connectivity index (χ0) is 24.6. The summed E-state index contributed by atoms with van der Waals surface area (Å²) in [6.45, 7) is 3.07. The Morgan fingerprint density at radius 2 is 2.03 bits per heavy atom. The first kappa shape index (κ1) is 21.7. The lowest BCUT2D eigenvalue weighted by atomic mass is 10.1. The summed E-state index contributed by atoms with van der Waals surface area (Å²) < 4.78 is 21.1. The second kappa shape index (κ2) is 8.77. The number of hydrogen-bond donors (Lipinski definition) is 3. The quantitative estimate of drug-likeness (QED) is 0.322. The van der Waals surface area contributed by atoms with Crippen LogP contribution in [0.1, 0.15) is 22.5 Å². The van der Waals surface area contributed by atoms with Crippen molar-refractivity contribution in [3.05, 3.63) is 72.1 Å². The molecule has 3 N–H and O–H groups in total. The number of pyridine rings is 1. The van der Waals surface area contributed by atoms with Crippen molar-refractivity contribution in [1.29, 1.82) is 0 Å². The molecular weight excluding hydrogens is 463 g/mol. The number of aryl methyl sites for hydroxylation is 1. The number of halogens is 1. The van der Waals surface area contributed by atoms with E-state index in [1.165, 1.54) is 12.4 Å². The molecule has 0 spiro atoms. The Morgan fingerprint density at radius 1 is 1.14 bits per heavy atom. The SMILES string of the molecule is Cc1cc2c(F)c(Oc3ncnc(Nc4cc(-c5ccccn5)[nH]n4)c3C(=O)N3CCC3)ccc2[nH]1. The summed E-state index contributed by atoms with van der Waals surface area (Å²) >= 11 is 0. The topological polar surface area (TPSA) is 125 Å². The van der Waals surface area contributed by atoms with E-state index in [9.17, 15) is 4.79 Å². The molecule has 180 valence electrons. The molecule has 1 amide bonds. The van der Waals surface area contributed by atoms with Crippen LogP contribution in [0.3, 0.4) is 0 Å². The molecule has 4 aromatic heterocycles. The Kier molecular flexibility index (Phi) is 5.29. The lowest BCUT2D eigenvalue weighted by Crippen LogP contribution is -2.42. The number of aromatic nitrogens is 6. The molecule has 36 heavy (non-hydrogen) atoms. The van der Waals surface area contributed by atoms with Crippen LogP contribution >= 0.6 is 0 Å². The fourth-order valence-electron chi connectivity index (χ4n) is 4.04. The molecule has 5 heterocycles. The minimum absolute atomic E-state index is 0.0407. The first-order valence-electron chi connectivity index (χ1n) is 11.4. The summed E-state index contributed by atoms with van der Waals surface area (Å²) in [5.74, 6) is -0.307. The number of hydrogen-bond acceptors (Lipinski definition) is 7. The van der Waals surface area contributed by atoms with E-state index >= 15 is 4.39 Å². The van der Waals surface area contributed by atoms with Crippen molar-refractivity contribution >= 4 is 28.4 Å². The van der Waals surface area contributed by atoms with Gasteiger partial charge >= 0.3 is 0 Å². The lowest BCUT2D eigenvalue weighted by molar-refractivity contribution is 0.0649. The van der Waals surface area contributed by atoms with E-state index in [4.69, 9.17) is 4.74 Å².